The summed E-state index contributed by atoms with van der Waals surface area (Å²) in [7, 11) is 3.42. The van der Waals surface area contributed by atoms with Gasteiger partial charge < -0.3 is 15.2 Å². The van der Waals surface area contributed by atoms with Gasteiger partial charge >= 0.3 is 0 Å². The molecule has 1 amide bonds. The first-order chi connectivity index (χ1) is 12.7. The molecule has 0 saturated heterocycles. The van der Waals surface area contributed by atoms with E-state index in [1.165, 1.54) is 17.3 Å². The lowest BCUT2D eigenvalue weighted by atomic mass is 10.0. The van der Waals surface area contributed by atoms with Gasteiger partial charge in [-0.15, -0.1) is 10.2 Å². The molecular formula is C17H24N6O3S. The molecule has 2 aromatic rings. The number of nitrogens with zero attached hydrogens (tertiary/aromatic N) is 5. The molecule has 1 aromatic carbocycles. The van der Waals surface area contributed by atoms with Gasteiger partial charge in [0.2, 0.25) is 0 Å². The zero-order valence-electron chi connectivity index (χ0n) is 15.8. The predicted octanol–water partition coefficient (Wildman–Crippen LogP) is 2.32. The molecule has 27 heavy (non-hydrogen) atoms. The van der Waals surface area contributed by atoms with E-state index in [0.29, 0.717) is 28.9 Å². The van der Waals surface area contributed by atoms with Crippen LogP contribution in [0.2, 0.25) is 0 Å². The molecule has 1 heterocycles. The Morgan fingerprint density at radius 3 is 2.70 bits per heavy atom. The second-order valence-corrected chi connectivity index (χ2v) is 7.70. The fourth-order valence-electron chi connectivity index (χ4n) is 2.34. The summed E-state index contributed by atoms with van der Waals surface area (Å²) in [6, 6.07) is 4.46. The number of rotatable bonds is 8. The average Bonchev–Trinajstić information content (AvgIpc) is 3.03. The maximum atomic E-state index is 12.6. The van der Waals surface area contributed by atoms with Gasteiger partial charge in [-0.05, 0) is 36.2 Å². The first-order valence-corrected chi connectivity index (χ1v) is 9.33. The van der Waals surface area contributed by atoms with Gasteiger partial charge in [0.1, 0.15) is 6.33 Å². The molecule has 2 N–H and O–H groups in total. The van der Waals surface area contributed by atoms with E-state index in [-0.39, 0.29) is 23.2 Å². The Bertz CT molecular complexity index is 823. The number of hydrogen-bond donors (Lipinski definition) is 1. The summed E-state index contributed by atoms with van der Waals surface area (Å²) < 4.78 is 1.67. The van der Waals surface area contributed by atoms with Crippen molar-refractivity contribution in [3.63, 3.8) is 0 Å². The van der Waals surface area contributed by atoms with Crippen LogP contribution in [0.25, 0.3) is 0 Å². The minimum atomic E-state index is -0.496. The van der Waals surface area contributed by atoms with E-state index in [1.54, 1.807) is 30.8 Å². The van der Waals surface area contributed by atoms with Crippen molar-refractivity contribution in [3.8, 4) is 0 Å². The van der Waals surface area contributed by atoms with Crippen molar-refractivity contribution in [2.45, 2.75) is 36.4 Å². The molecule has 146 valence electrons. The number of amides is 1. The highest BCUT2D eigenvalue weighted by atomic mass is 32.2. The van der Waals surface area contributed by atoms with E-state index < -0.39 is 4.92 Å². The second kappa shape index (κ2) is 8.96. The molecule has 0 bridgehead atoms. The Kier molecular flexibility index (Phi) is 6.92. The lowest BCUT2D eigenvalue weighted by Gasteiger charge is -2.21. The van der Waals surface area contributed by atoms with E-state index in [0.717, 1.165) is 11.8 Å². The lowest BCUT2D eigenvalue weighted by molar-refractivity contribution is -0.387. The number of nitro benzene ring substituents is 1. The van der Waals surface area contributed by atoms with Crippen LogP contribution in [0.5, 0.6) is 0 Å². The molecule has 0 saturated carbocycles. The molecule has 10 heteroatoms. The van der Waals surface area contributed by atoms with Crippen molar-refractivity contribution >= 4 is 23.4 Å². The quantitative estimate of drug-likeness (QED) is 0.540. The molecular weight excluding hydrogens is 368 g/mol. The van der Waals surface area contributed by atoms with Crippen molar-refractivity contribution in [1.29, 1.82) is 0 Å². The fourth-order valence-corrected chi connectivity index (χ4v) is 3.19. The van der Waals surface area contributed by atoms with Gasteiger partial charge in [0.05, 0.1) is 9.82 Å². The summed E-state index contributed by atoms with van der Waals surface area (Å²) >= 11 is 1.13. The number of nitrogens with two attached hydrogens (primary N) is 1. The first-order valence-electron chi connectivity index (χ1n) is 8.52. The molecule has 1 atom stereocenters. The van der Waals surface area contributed by atoms with Crippen molar-refractivity contribution in [2.24, 2.45) is 18.7 Å². The van der Waals surface area contributed by atoms with Crippen LogP contribution in [-0.2, 0) is 7.05 Å². The first kappa shape index (κ1) is 20.8. The highest BCUT2D eigenvalue weighted by Gasteiger charge is 2.22. The number of hydrogen-bond acceptors (Lipinski definition) is 7. The molecule has 0 aliphatic heterocycles. The number of aryl methyl sites for hydroxylation is 1. The van der Waals surface area contributed by atoms with Gasteiger partial charge in [0.25, 0.3) is 11.6 Å². The van der Waals surface area contributed by atoms with Crippen molar-refractivity contribution in [3.05, 3.63) is 40.2 Å². The minimum absolute atomic E-state index is 0.000225. The summed E-state index contributed by atoms with van der Waals surface area (Å²) in [5.41, 5.74) is 6.15. The molecule has 0 aliphatic rings. The SMILES string of the molecule is CC(C)C(N)CCN(C)C(=O)c1ccc(Sc2nncn2C)c([N+](=O)[O-])c1. The predicted molar refractivity (Wildman–Crippen MR) is 103 cm³/mol. The Morgan fingerprint density at radius 2 is 2.15 bits per heavy atom. The third kappa shape index (κ3) is 5.27. The zero-order valence-corrected chi connectivity index (χ0v) is 16.6. The maximum absolute atomic E-state index is 12.6. The molecule has 0 aliphatic carbocycles. The van der Waals surface area contributed by atoms with Crippen LogP contribution in [-0.4, -0.2) is 50.1 Å². The van der Waals surface area contributed by atoms with Crippen molar-refractivity contribution in [2.75, 3.05) is 13.6 Å². The van der Waals surface area contributed by atoms with Crippen LogP contribution in [0.15, 0.2) is 34.6 Å². The second-order valence-electron chi connectivity index (χ2n) is 6.69. The molecule has 0 spiro atoms. The monoisotopic (exact) mass is 392 g/mol. The Morgan fingerprint density at radius 1 is 1.44 bits per heavy atom. The van der Waals surface area contributed by atoms with Gasteiger partial charge in [0.15, 0.2) is 5.16 Å². The normalized spacial score (nSPS) is 12.2. The molecule has 0 fully saturated rings. The Labute approximate surface area is 162 Å². The van der Waals surface area contributed by atoms with Crippen LogP contribution in [0.3, 0.4) is 0 Å². The highest BCUT2D eigenvalue weighted by Crippen LogP contribution is 2.34. The number of aromatic nitrogens is 3. The van der Waals surface area contributed by atoms with Gasteiger partial charge in [-0.1, -0.05) is 13.8 Å². The average molecular weight is 392 g/mol. The minimum Gasteiger partial charge on any atom is -0.342 e. The van der Waals surface area contributed by atoms with Crippen molar-refractivity contribution < 1.29 is 9.72 Å². The number of benzene rings is 1. The molecule has 1 unspecified atom stereocenters. The highest BCUT2D eigenvalue weighted by molar-refractivity contribution is 7.99. The van der Waals surface area contributed by atoms with E-state index in [1.807, 2.05) is 13.8 Å². The van der Waals surface area contributed by atoms with E-state index in [4.69, 9.17) is 5.73 Å². The summed E-state index contributed by atoms with van der Waals surface area (Å²) in [6.45, 7) is 4.55. The van der Waals surface area contributed by atoms with Crippen LogP contribution < -0.4 is 5.73 Å². The lowest BCUT2D eigenvalue weighted by Crippen LogP contribution is -2.34. The van der Waals surface area contributed by atoms with Crippen LogP contribution >= 0.6 is 11.8 Å². The summed E-state index contributed by atoms with van der Waals surface area (Å²) in [4.78, 5) is 25.5. The van der Waals surface area contributed by atoms with Gasteiger partial charge in [-0.25, -0.2) is 0 Å². The third-order valence-electron chi connectivity index (χ3n) is 4.27. The van der Waals surface area contributed by atoms with Gasteiger partial charge in [-0.2, -0.15) is 0 Å². The number of carbonyl (C=O) groups is 1. The number of carbonyl (C=O) groups excluding carboxylic acids is 1. The molecule has 9 nitrogen and oxygen atoms in total. The summed E-state index contributed by atoms with van der Waals surface area (Å²) in [5.74, 6) is 0.0516. The van der Waals surface area contributed by atoms with Gasteiger partial charge in [0, 0.05) is 38.3 Å². The molecule has 2 rings (SSSR count). The van der Waals surface area contributed by atoms with Crippen LogP contribution in [0.4, 0.5) is 5.69 Å². The summed E-state index contributed by atoms with van der Waals surface area (Å²) in [5, 5.41) is 19.7. The zero-order chi connectivity index (χ0) is 20.1. The molecule has 0 radical (unpaired) electrons. The van der Waals surface area contributed by atoms with E-state index in [2.05, 4.69) is 10.2 Å². The fraction of sp³-hybridized carbons (Fsp3) is 0.471. The standard InChI is InChI=1S/C17H24N6O3S/c1-11(2)13(18)7-8-21(3)16(24)12-5-6-15(14(9-12)23(25)26)27-17-20-19-10-22(17)4/h5-6,9-11,13H,7-8,18H2,1-4H3. The third-order valence-corrected chi connectivity index (χ3v) is 5.39. The van der Waals surface area contributed by atoms with Crippen molar-refractivity contribution in [1.82, 2.24) is 19.7 Å². The van der Waals surface area contributed by atoms with E-state index >= 15 is 0 Å². The maximum Gasteiger partial charge on any atom is 0.284 e. The molecule has 1 aromatic heterocycles. The number of nitro groups is 1. The summed E-state index contributed by atoms with van der Waals surface area (Å²) in [6.07, 6.45) is 2.19. The van der Waals surface area contributed by atoms with E-state index in [9.17, 15) is 14.9 Å². The van der Waals surface area contributed by atoms with Crippen LogP contribution in [0, 0.1) is 16.0 Å². The smallest absolute Gasteiger partial charge is 0.284 e. The van der Waals surface area contributed by atoms with Crippen LogP contribution in [0.1, 0.15) is 30.6 Å². The Balaban J connectivity index is 2.18. The largest absolute Gasteiger partial charge is 0.342 e. The van der Waals surface area contributed by atoms with Gasteiger partial charge in [-0.3, -0.25) is 14.9 Å². The topological polar surface area (TPSA) is 120 Å². The Hall–Kier alpha value is -2.46.